The number of carboxylic acid groups (broad SMARTS) is 1. The molecule has 3 heterocycles. The van der Waals surface area contributed by atoms with E-state index in [2.05, 4.69) is 31.3 Å². The zero-order valence-electron chi connectivity index (χ0n) is 19.8. The van der Waals surface area contributed by atoms with Crippen LogP contribution in [0.25, 0.3) is 0 Å². The number of carbonyl (C=O) groups is 3. The molecule has 2 amide bonds. The molecule has 3 rings (SSSR count). The number of rotatable bonds is 9. The van der Waals surface area contributed by atoms with Gasteiger partial charge in [-0.2, -0.15) is 0 Å². The lowest BCUT2D eigenvalue weighted by molar-refractivity contribution is -0.420. The first kappa shape index (κ1) is 28.4. The highest BCUT2D eigenvalue weighted by molar-refractivity contribution is 7.10. The monoisotopic (exact) mass is 542 g/mol. The molecule has 11 nitrogen and oxygen atoms in total. The van der Waals surface area contributed by atoms with E-state index < -0.39 is 24.0 Å². The van der Waals surface area contributed by atoms with Crippen LogP contribution in [0, 0.1) is 12.8 Å². The molecule has 190 valence electrons. The second-order valence-electron chi connectivity index (χ2n) is 8.20. The fourth-order valence-corrected chi connectivity index (χ4v) is 4.81. The Labute approximate surface area is 216 Å². The molecule has 0 aliphatic heterocycles. The summed E-state index contributed by atoms with van der Waals surface area (Å²) in [6.45, 7) is 8.99. The van der Waals surface area contributed by atoms with Crippen LogP contribution in [-0.4, -0.2) is 37.8 Å². The van der Waals surface area contributed by atoms with Crippen molar-refractivity contribution in [3.8, 4) is 0 Å². The second-order valence-corrected chi connectivity index (χ2v) is 9.97. The lowest BCUT2D eigenvalue weighted by Crippen LogP contribution is -3.00. The first-order chi connectivity index (χ1) is 16.0. The van der Waals surface area contributed by atoms with Gasteiger partial charge >= 0.3 is 5.97 Å². The van der Waals surface area contributed by atoms with Crippen LogP contribution in [0.4, 0.5) is 0 Å². The molecule has 35 heavy (non-hydrogen) atoms. The highest BCUT2D eigenvalue weighted by Crippen LogP contribution is 2.26. The summed E-state index contributed by atoms with van der Waals surface area (Å²) in [5.74, 6) is -1.56. The first-order valence-electron chi connectivity index (χ1n) is 10.5. The summed E-state index contributed by atoms with van der Waals surface area (Å²) in [4.78, 5) is 49.4. The maximum Gasteiger partial charge on any atom is 0.355 e. The molecule has 0 fully saturated rings. The van der Waals surface area contributed by atoms with Gasteiger partial charge in [-0.1, -0.05) is 13.8 Å². The molecule has 0 radical (unpaired) electrons. The Balaban J connectivity index is 0.00000432. The molecule has 0 saturated heterocycles. The number of nitrogens with zero attached hydrogens (tertiary/aromatic N) is 3. The van der Waals surface area contributed by atoms with Crippen molar-refractivity contribution in [3.63, 3.8) is 0 Å². The number of hydrogen-bond acceptors (Lipinski definition) is 9. The fraction of sp³-hybridized carbons (Fsp3) is 0.429. The van der Waals surface area contributed by atoms with E-state index >= 15 is 0 Å². The normalized spacial score (nSPS) is 13.6. The van der Waals surface area contributed by atoms with Crippen molar-refractivity contribution in [3.05, 3.63) is 49.5 Å². The molecule has 0 aromatic carbocycles. The fourth-order valence-electron chi connectivity index (χ4n) is 3.02. The Bertz CT molecular complexity index is 1200. The molecule has 3 aromatic heterocycles. The van der Waals surface area contributed by atoms with Crippen molar-refractivity contribution in [2.24, 2.45) is 5.92 Å². The molecule has 3 atom stereocenters. The molecular formula is C21H27ClN6O5S2. The van der Waals surface area contributed by atoms with Crippen molar-refractivity contribution in [2.75, 3.05) is 0 Å². The maximum atomic E-state index is 13.0. The van der Waals surface area contributed by atoms with Gasteiger partial charge in [0.2, 0.25) is 5.89 Å². The number of aryl methyl sites for hydroxylation is 1. The van der Waals surface area contributed by atoms with Crippen LogP contribution in [0.3, 0.4) is 0 Å². The molecule has 0 saturated carbocycles. The van der Waals surface area contributed by atoms with Crippen LogP contribution in [0.5, 0.6) is 0 Å². The number of aromatic carboxylic acids is 1. The quantitative estimate of drug-likeness (QED) is 0.280. The van der Waals surface area contributed by atoms with Gasteiger partial charge in [-0.15, -0.1) is 22.7 Å². The Morgan fingerprint density at radius 1 is 0.971 bits per heavy atom. The van der Waals surface area contributed by atoms with E-state index in [0.29, 0.717) is 10.8 Å². The summed E-state index contributed by atoms with van der Waals surface area (Å²) >= 11 is 2.53. The van der Waals surface area contributed by atoms with Gasteiger partial charge in [-0.3, -0.25) is 9.59 Å². The van der Waals surface area contributed by atoms with E-state index in [-0.39, 0.29) is 53.2 Å². The highest BCUT2D eigenvalue weighted by Gasteiger charge is 2.28. The van der Waals surface area contributed by atoms with Crippen molar-refractivity contribution >= 4 is 40.5 Å². The Morgan fingerprint density at radius 3 is 2.11 bits per heavy atom. The largest absolute Gasteiger partial charge is 1.00 e. The molecule has 14 heteroatoms. The zero-order chi connectivity index (χ0) is 25.2. The van der Waals surface area contributed by atoms with Crippen molar-refractivity contribution < 1.29 is 42.0 Å². The molecule has 6 N–H and O–H groups in total. The van der Waals surface area contributed by atoms with Gasteiger partial charge in [0.05, 0.1) is 6.04 Å². The Hall–Kier alpha value is -2.87. The average molecular weight is 543 g/mol. The van der Waals surface area contributed by atoms with Crippen molar-refractivity contribution in [1.29, 1.82) is 0 Å². The van der Waals surface area contributed by atoms with Crippen LogP contribution >= 0.6 is 22.7 Å². The molecule has 0 aliphatic carbocycles. The predicted octanol–water partition coefficient (Wildman–Crippen LogP) is -0.481. The zero-order valence-corrected chi connectivity index (χ0v) is 22.2. The van der Waals surface area contributed by atoms with E-state index in [1.165, 1.54) is 28.1 Å². The summed E-state index contributed by atoms with van der Waals surface area (Å²) in [5, 5.41) is 19.1. The Morgan fingerprint density at radius 2 is 1.57 bits per heavy atom. The summed E-state index contributed by atoms with van der Waals surface area (Å²) in [6.07, 6.45) is 0. The molecule has 3 aromatic rings. The van der Waals surface area contributed by atoms with Crippen LogP contribution in [0.1, 0.15) is 99.0 Å². The predicted molar refractivity (Wildman–Crippen MR) is 125 cm³/mol. The smallest absolute Gasteiger partial charge is 0.355 e. The standard InChI is InChI=1S/C21H26N6O5S2.ClH/c1-8(2)14(20-25-13(7-34-20)21(30)31)26-17(29)15-11(5)32-18(27-15)10(4)23-16(28)12-6-33-19(24-12)9(3)22;/h6-10,14H,22H2,1-5H3,(H,23,28)(H,26,29)(H,30,31);1H/t9-,10-,14-;/m1./s1. The molecule has 0 bridgehead atoms. The van der Waals surface area contributed by atoms with Gasteiger partial charge in [0.1, 0.15) is 28.5 Å². The van der Waals surface area contributed by atoms with Gasteiger partial charge in [-0.25, -0.2) is 19.7 Å². The van der Waals surface area contributed by atoms with Crippen LogP contribution in [0.2, 0.25) is 0 Å². The first-order valence-corrected chi connectivity index (χ1v) is 12.3. The number of thiazole rings is 2. The minimum Gasteiger partial charge on any atom is -1.00 e. The number of carboxylic acids is 1. The number of aromatic nitrogens is 3. The lowest BCUT2D eigenvalue weighted by atomic mass is 10.0. The number of quaternary nitrogens is 1. The summed E-state index contributed by atoms with van der Waals surface area (Å²) < 4.78 is 5.66. The van der Waals surface area contributed by atoms with Gasteiger partial charge in [0, 0.05) is 10.8 Å². The van der Waals surface area contributed by atoms with E-state index in [1.807, 2.05) is 20.8 Å². The number of carbonyl (C=O) groups excluding carboxylic acids is 2. The summed E-state index contributed by atoms with van der Waals surface area (Å²) in [5.41, 5.74) is 4.20. The topological polar surface area (TPSA) is 175 Å². The van der Waals surface area contributed by atoms with Gasteiger partial charge in [0.15, 0.2) is 16.4 Å². The van der Waals surface area contributed by atoms with Crippen molar-refractivity contribution in [2.45, 2.75) is 52.7 Å². The SMILES string of the molecule is Cc1oc([C@@H](C)NC(=O)c2csc([C@@H](C)[NH3+])n2)nc1C(=O)N[C@@H](c1nc(C(=O)O)cs1)C(C)C.[Cl-]. The minimum atomic E-state index is -1.13. The number of amides is 2. The third-order valence-corrected chi connectivity index (χ3v) is 6.89. The summed E-state index contributed by atoms with van der Waals surface area (Å²) in [6, 6.07) is -1.13. The average Bonchev–Trinajstić information content (AvgIpc) is 3.50. The van der Waals surface area contributed by atoms with E-state index in [0.717, 1.165) is 5.01 Å². The molecular weight excluding hydrogens is 516 g/mol. The second kappa shape index (κ2) is 11.7. The summed E-state index contributed by atoms with van der Waals surface area (Å²) in [7, 11) is 0. The number of halogens is 1. The minimum absolute atomic E-state index is 0. The third kappa shape index (κ3) is 6.63. The number of oxazole rings is 1. The lowest BCUT2D eigenvalue weighted by Gasteiger charge is -2.19. The van der Waals surface area contributed by atoms with Gasteiger partial charge in [-0.05, 0) is 26.7 Å². The van der Waals surface area contributed by atoms with E-state index in [4.69, 9.17) is 9.52 Å². The van der Waals surface area contributed by atoms with E-state index in [9.17, 15) is 14.4 Å². The van der Waals surface area contributed by atoms with E-state index in [1.54, 1.807) is 19.2 Å². The van der Waals surface area contributed by atoms with Crippen LogP contribution in [-0.2, 0) is 0 Å². The molecule has 0 aliphatic rings. The van der Waals surface area contributed by atoms with Gasteiger partial charge < -0.3 is 38.3 Å². The maximum absolute atomic E-state index is 13.0. The van der Waals surface area contributed by atoms with Crippen LogP contribution < -0.4 is 28.8 Å². The van der Waals surface area contributed by atoms with Gasteiger partial charge in [0.25, 0.3) is 11.8 Å². The number of hydrogen-bond donors (Lipinski definition) is 4. The third-order valence-electron chi connectivity index (χ3n) is 4.88. The highest BCUT2D eigenvalue weighted by atomic mass is 35.5. The van der Waals surface area contributed by atoms with Crippen LogP contribution in [0.15, 0.2) is 15.2 Å². The van der Waals surface area contributed by atoms with Crippen molar-refractivity contribution in [1.82, 2.24) is 25.6 Å². The Kier molecular flexibility index (Phi) is 9.49. The number of nitrogens with one attached hydrogen (secondary N) is 2. The molecule has 0 spiro atoms. The molecule has 0 unspecified atom stereocenters.